The molecule has 0 aliphatic rings. The number of carbonyl (C=O) groups is 1. The van der Waals surface area contributed by atoms with E-state index >= 15 is 0 Å². The maximum absolute atomic E-state index is 12.2. The molecule has 8 heteroatoms. The molecule has 1 unspecified atom stereocenters. The van der Waals surface area contributed by atoms with Crippen molar-refractivity contribution < 1.29 is 28.5 Å². The number of hydrogen-bond acceptors (Lipinski definition) is 7. The van der Waals surface area contributed by atoms with E-state index in [0.29, 0.717) is 34.3 Å². The molecule has 28 heavy (non-hydrogen) atoms. The summed E-state index contributed by atoms with van der Waals surface area (Å²) in [4.78, 5) is 12.2. The van der Waals surface area contributed by atoms with Crippen LogP contribution in [0.25, 0.3) is 0 Å². The number of rotatable bonds is 9. The van der Waals surface area contributed by atoms with Gasteiger partial charge in [0.05, 0.1) is 34.7 Å². The first-order valence-corrected chi connectivity index (χ1v) is 8.46. The molecule has 0 saturated carbocycles. The lowest BCUT2D eigenvalue weighted by Gasteiger charge is -2.13. The lowest BCUT2D eigenvalue weighted by molar-refractivity contribution is -0.127. The summed E-state index contributed by atoms with van der Waals surface area (Å²) in [6.07, 6.45) is 0.744. The minimum absolute atomic E-state index is 0.389. The molecule has 0 fully saturated rings. The molecule has 1 N–H and O–H groups in total. The van der Waals surface area contributed by atoms with Crippen molar-refractivity contribution in [3.63, 3.8) is 0 Å². The fraction of sp³-hybridized carbons (Fsp3) is 0.300. The van der Waals surface area contributed by atoms with Crippen LogP contribution < -0.4 is 29.1 Å². The summed E-state index contributed by atoms with van der Waals surface area (Å²) in [5.74, 6) is 2.33. The van der Waals surface area contributed by atoms with E-state index in [2.05, 4.69) is 10.5 Å². The Balaban J connectivity index is 2.00. The molecule has 8 nitrogen and oxygen atoms in total. The normalized spacial score (nSPS) is 11.6. The third kappa shape index (κ3) is 5.29. The zero-order valence-electron chi connectivity index (χ0n) is 16.5. The van der Waals surface area contributed by atoms with E-state index in [1.807, 2.05) is 0 Å². The summed E-state index contributed by atoms with van der Waals surface area (Å²) in [5.41, 5.74) is 3.11. The summed E-state index contributed by atoms with van der Waals surface area (Å²) in [5, 5.41) is 3.96. The molecule has 0 aliphatic carbocycles. The van der Waals surface area contributed by atoms with E-state index in [0.717, 1.165) is 0 Å². The summed E-state index contributed by atoms with van der Waals surface area (Å²) < 4.78 is 26.5. The van der Waals surface area contributed by atoms with Gasteiger partial charge in [-0.25, -0.2) is 5.43 Å². The monoisotopic (exact) mass is 388 g/mol. The second-order valence-electron chi connectivity index (χ2n) is 5.63. The van der Waals surface area contributed by atoms with Crippen LogP contribution in [0.1, 0.15) is 12.5 Å². The predicted molar refractivity (Wildman–Crippen MR) is 105 cm³/mol. The van der Waals surface area contributed by atoms with E-state index in [1.165, 1.54) is 27.5 Å². The molecule has 0 aliphatic heterocycles. The maximum Gasteiger partial charge on any atom is 0.280 e. The van der Waals surface area contributed by atoms with Crippen LogP contribution in [-0.2, 0) is 4.79 Å². The first kappa shape index (κ1) is 20.9. The molecule has 0 aromatic heterocycles. The fourth-order valence-corrected chi connectivity index (χ4v) is 2.35. The van der Waals surface area contributed by atoms with Gasteiger partial charge in [-0.2, -0.15) is 5.10 Å². The van der Waals surface area contributed by atoms with E-state index in [4.69, 9.17) is 23.7 Å². The molecule has 2 rings (SSSR count). The van der Waals surface area contributed by atoms with Crippen molar-refractivity contribution in [3.8, 4) is 28.7 Å². The Hall–Kier alpha value is -3.42. The Morgan fingerprint density at radius 3 is 2.00 bits per heavy atom. The summed E-state index contributed by atoms with van der Waals surface area (Å²) in [7, 11) is 6.16. The van der Waals surface area contributed by atoms with Gasteiger partial charge in [-0.05, 0) is 43.3 Å². The highest BCUT2D eigenvalue weighted by molar-refractivity contribution is 5.85. The van der Waals surface area contributed by atoms with Crippen LogP contribution in [-0.4, -0.2) is 46.7 Å². The number of amides is 1. The van der Waals surface area contributed by atoms with Gasteiger partial charge in [-0.1, -0.05) is 0 Å². The first-order valence-electron chi connectivity index (χ1n) is 8.46. The van der Waals surface area contributed by atoms with Crippen molar-refractivity contribution in [1.82, 2.24) is 5.43 Å². The highest BCUT2D eigenvalue weighted by atomic mass is 16.5. The Kier molecular flexibility index (Phi) is 7.50. The fourth-order valence-electron chi connectivity index (χ4n) is 2.35. The van der Waals surface area contributed by atoms with Gasteiger partial charge in [0.15, 0.2) is 17.6 Å². The quantitative estimate of drug-likeness (QED) is 0.525. The predicted octanol–water partition coefficient (Wildman–Crippen LogP) is 2.64. The minimum atomic E-state index is -0.731. The molecule has 1 atom stereocenters. The molecular weight excluding hydrogens is 364 g/mol. The molecular formula is C20H24N2O6. The van der Waals surface area contributed by atoms with Gasteiger partial charge < -0.3 is 23.7 Å². The average Bonchev–Trinajstić information content (AvgIpc) is 2.73. The highest BCUT2D eigenvalue weighted by Crippen LogP contribution is 2.37. The number of nitrogens with zero attached hydrogens (tertiary/aromatic N) is 1. The van der Waals surface area contributed by atoms with Crippen LogP contribution in [0.2, 0.25) is 0 Å². The number of carbonyl (C=O) groups excluding carboxylic acids is 1. The van der Waals surface area contributed by atoms with Gasteiger partial charge >= 0.3 is 0 Å². The zero-order valence-corrected chi connectivity index (χ0v) is 16.5. The van der Waals surface area contributed by atoms with Crippen molar-refractivity contribution in [1.29, 1.82) is 0 Å². The number of ether oxygens (including phenoxy) is 5. The van der Waals surface area contributed by atoms with Gasteiger partial charge in [-0.15, -0.1) is 0 Å². The van der Waals surface area contributed by atoms with Gasteiger partial charge in [0, 0.05) is 5.56 Å². The van der Waals surface area contributed by atoms with Crippen LogP contribution >= 0.6 is 0 Å². The molecule has 2 aromatic rings. The molecule has 0 bridgehead atoms. The molecule has 0 radical (unpaired) electrons. The highest BCUT2D eigenvalue weighted by Gasteiger charge is 2.15. The topological polar surface area (TPSA) is 87.6 Å². The van der Waals surface area contributed by atoms with Crippen LogP contribution in [0, 0.1) is 0 Å². The van der Waals surface area contributed by atoms with E-state index in [-0.39, 0.29) is 5.91 Å². The van der Waals surface area contributed by atoms with Gasteiger partial charge in [-0.3, -0.25) is 4.79 Å². The Morgan fingerprint density at radius 2 is 1.50 bits per heavy atom. The average molecular weight is 388 g/mol. The minimum Gasteiger partial charge on any atom is -0.497 e. The second-order valence-corrected chi connectivity index (χ2v) is 5.63. The van der Waals surface area contributed by atoms with Crippen LogP contribution in [0.3, 0.4) is 0 Å². The maximum atomic E-state index is 12.2. The van der Waals surface area contributed by atoms with Crippen molar-refractivity contribution in [3.05, 3.63) is 42.0 Å². The zero-order chi connectivity index (χ0) is 20.5. The van der Waals surface area contributed by atoms with Crippen LogP contribution in [0.4, 0.5) is 0 Å². The standard InChI is InChI=1S/C20H24N2O6/c1-13(28-16-8-6-15(24-2)7-9-16)20(23)22-21-12-14-10-17(25-3)19(27-5)18(11-14)26-4/h6-13H,1-5H3,(H,22,23)/b21-12+. The van der Waals surface area contributed by atoms with Crippen molar-refractivity contribution >= 4 is 12.1 Å². The van der Waals surface area contributed by atoms with Crippen LogP contribution in [0.15, 0.2) is 41.5 Å². The van der Waals surface area contributed by atoms with Gasteiger partial charge in [0.2, 0.25) is 5.75 Å². The Bertz CT molecular complexity index is 795. The lowest BCUT2D eigenvalue weighted by Crippen LogP contribution is -2.33. The Morgan fingerprint density at radius 1 is 0.929 bits per heavy atom. The summed E-state index contributed by atoms with van der Waals surface area (Å²) >= 11 is 0. The molecule has 1 amide bonds. The van der Waals surface area contributed by atoms with E-state index in [1.54, 1.807) is 50.4 Å². The van der Waals surface area contributed by atoms with Gasteiger partial charge in [0.25, 0.3) is 5.91 Å². The molecule has 0 saturated heterocycles. The molecule has 0 spiro atoms. The number of nitrogens with one attached hydrogen (secondary N) is 1. The third-order valence-electron chi connectivity index (χ3n) is 3.82. The summed E-state index contributed by atoms with van der Waals surface area (Å²) in [6, 6.07) is 10.4. The SMILES string of the molecule is COc1ccc(OC(C)C(=O)N/N=C/c2cc(OC)c(OC)c(OC)c2)cc1. The lowest BCUT2D eigenvalue weighted by atomic mass is 10.2. The summed E-state index contributed by atoms with van der Waals surface area (Å²) in [6.45, 7) is 1.63. The van der Waals surface area contributed by atoms with Crippen LogP contribution in [0.5, 0.6) is 28.7 Å². The smallest absolute Gasteiger partial charge is 0.280 e. The van der Waals surface area contributed by atoms with E-state index < -0.39 is 6.10 Å². The second kappa shape index (κ2) is 10.1. The number of hydrogen-bond donors (Lipinski definition) is 1. The molecule has 2 aromatic carbocycles. The number of hydrazone groups is 1. The van der Waals surface area contributed by atoms with E-state index in [9.17, 15) is 4.79 Å². The van der Waals surface area contributed by atoms with Crippen molar-refractivity contribution in [2.45, 2.75) is 13.0 Å². The number of methoxy groups -OCH3 is 4. The first-order chi connectivity index (χ1) is 13.5. The largest absolute Gasteiger partial charge is 0.497 e. The molecule has 0 heterocycles. The van der Waals surface area contributed by atoms with Crippen molar-refractivity contribution in [2.24, 2.45) is 5.10 Å². The third-order valence-corrected chi connectivity index (χ3v) is 3.82. The molecule has 150 valence electrons. The van der Waals surface area contributed by atoms with Crippen molar-refractivity contribution in [2.75, 3.05) is 28.4 Å². The van der Waals surface area contributed by atoms with Gasteiger partial charge in [0.1, 0.15) is 11.5 Å². The number of benzene rings is 2. The Labute approximate surface area is 164 Å².